The van der Waals surface area contributed by atoms with E-state index in [1.165, 1.54) is 17.4 Å². The van der Waals surface area contributed by atoms with Gasteiger partial charge in [-0.25, -0.2) is 9.78 Å². The highest BCUT2D eigenvalue weighted by atomic mass is 32.1. The summed E-state index contributed by atoms with van der Waals surface area (Å²) in [5, 5.41) is 4.51. The van der Waals surface area contributed by atoms with Crippen molar-refractivity contribution in [3.8, 4) is 5.75 Å². The maximum absolute atomic E-state index is 12.0. The highest BCUT2D eigenvalue weighted by Gasteiger charge is 2.12. The Kier molecular flexibility index (Phi) is 6.71. The Labute approximate surface area is 150 Å². The summed E-state index contributed by atoms with van der Waals surface area (Å²) in [6.07, 6.45) is 3.17. The number of carbonyl (C=O) groups excluding carboxylic acids is 2. The third kappa shape index (κ3) is 6.04. The second-order valence-electron chi connectivity index (χ2n) is 5.32. The summed E-state index contributed by atoms with van der Waals surface area (Å²) < 4.78 is 10.5. The molecule has 0 radical (unpaired) electrons. The monoisotopic (exact) mass is 360 g/mol. The van der Waals surface area contributed by atoms with E-state index in [4.69, 9.17) is 9.47 Å². The summed E-state index contributed by atoms with van der Waals surface area (Å²) in [4.78, 5) is 27.5. The molecule has 6 nitrogen and oxygen atoms in total. The molecule has 7 heteroatoms. The molecule has 0 atom stereocenters. The highest BCUT2D eigenvalue weighted by molar-refractivity contribution is 7.14. The number of esters is 1. The lowest BCUT2D eigenvalue weighted by atomic mass is 10.2. The molecule has 1 aromatic heterocycles. The zero-order chi connectivity index (χ0) is 18.2. The Morgan fingerprint density at radius 2 is 2.16 bits per heavy atom. The van der Waals surface area contributed by atoms with Crippen LogP contribution in [-0.2, 0) is 9.53 Å². The Morgan fingerprint density at radius 3 is 2.88 bits per heavy atom. The fourth-order valence-electron chi connectivity index (χ4n) is 1.91. The molecule has 0 aliphatic rings. The Morgan fingerprint density at radius 1 is 1.36 bits per heavy atom. The molecule has 0 aliphatic carbocycles. The van der Waals surface area contributed by atoms with Gasteiger partial charge in [0.1, 0.15) is 5.75 Å². The first kappa shape index (κ1) is 18.7. The van der Waals surface area contributed by atoms with Crippen LogP contribution in [0.15, 0.2) is 35.7 Å². The predicted molar refractivity (Wildman–Crippen MR) is 97.9 cm³/mol. The molecule has 25 heavy (non-hydrogen) atoms. The third-order valence-corrected chi connectivity index (χ3v) is 3.63. The molecule has 132 valence electrons. The molecule has 1 amide bonds. The number of hydrogen-bond donors (Lipinski definition) is 1. The Balaban J connectivity index is 1.96. The molecule has 2 rings (SSSR count). The number of nitrogens with one attached hydrogen (secondary N) is 1. The Bertz CT molecular complexity index is 768. The van der Waals surface area contributed by atoms with Gasteiger partial charge in [0, 0.05) is 11.5 Å². The zero-order valence-corrected chi connectivity index (χ0v) is 15.1. The number of anilines is 1. The molecule has 0 spiro atoms. The Hall–Kier alpha value is -2.67. The second kappa shape index (κ2) is 8.98. The number of amides is 1. The van der Waals surface area contributed by atoms with Crippen LogP contribution in [0.25, 0.3) is 6.08 Å². The number of hydrogen-bond acceptors (Lipinski definition) is 6. The zero-order valence-electron chi connectivity index (χ0n) is 14.3. The van der Waals surface area contributed by atoms with E-state index in [9.17, 15) is 9.59 Å². The van der Waals surface area contributed by atoms with Crippen LogP contribution >= 0.6 is 11.3 Å². The van der Waals surface area contributed by atoms with Crippen LogP contribution in [0, 0.1) is 0 Å². The molecule has 1 aromatic carbocycles. The summed E-state index contributed by atoms with van der Waals surface area (Å²) >= 11 is 1.17. The molecule has 0 saturated heterocycles. The lowest BCUT2D eigenvalue weighted by molar-refractivity contribution is -0.111. The minimum atomic E-state index is -0.503. The molecule has 0 unspecified atom stereocenters. The molecule has 1 heterocycles. The first-order valence-corrected chi connectivity index (χ1v) is 8.74. The van der Waals surface area contributed by atoms with Crippen molar-refractivity contribution >= 4 is 34.4 Å². The van der Waals surface area contributed by atoms with E-state index >= 15 is 0 Å². The number of ether oxygens (including phenoxy) is 2. The predicted octanol–water partition coefficient (Wildman–Crippen LogP) is 3.76. The van der Waals surface area contributed by atoms with Crippen LogP contribution in [-0.4, -0.2) is 29.6 Å². The molecule has 1 N–H and O–H groups in total. The number of aromatic nitrogens is 1. The van der Waals surface area contributed by atoms with Crippen molar-refractivity contribution in [2.24, 2.45) is 0 Å². The van der Waals surface area contributed by atoms with E-state index in [1.807, 2.05) is 38.1 Å². The second-order valence-corrected chi connectivity index (χ2v) is 6.18. The molecule has 0 aliphatic heterocycles. The SMILES string of the molecule is CCOC(=O)c1csc(NC(=O)/C=C/c2cccc(OC(C)C)c2)n1. The van der Waals surface area contributed by atoms with Gasteiger partial charge in [-0.2, -0.15) is 0 Å². The van der Waals surface area contributed by atoms with Crippen LogP contribution < -0.4 is 10.1 Å². The van der Waals surface area contributed by atoms with Gasteiger partial charge in [0.05, 0.1) is 12.7 Å². The standard InChI is InChI=1S/C18H20N2O4S/c1-4-23-17(22)15-11-25-18(19-15)20-16(21)9-8-13-6-5-7-14(10-13)24-12(2)3/h5-12H,4H2,1-3H3,(H,19,20,21)/b9-8+. The molecular weight excluding hydrogens is 340 g/mol. The minimum Gasteiger partial charge on any atom is -0.491 e. The number of thiazole rings is 1. The average molecular weight is 360 g/mol. The van der Waals surface area contributed by atoms with Gasteiger partial charge in [-0.05, 0) is 44.5 Å². The lowest BCUT2D eigenvalue weighted by Crippen LogP contribution is -2.09. The number of rotatable bonds is 7. The molecule has 0 saturated carbocycles. The summed E-state index contributed by atoms with van der Waals surface area (Å²) in [6, 6.07) is 7.46. The van der Waals surface area contributed by atoms with E-state index in [0.717, 1.165) is 11.3 Å². The van der Waals surface area contributed by atoms with E-state index in [-0.39, 0.29) is 24.3 Å². The maximum atomic E-state index is 12.0. The van der Waals surface area contributed by atoms with Crippen molar-refractivity contribution in [2.75, 3.05) is 11.9 Å². The van der Waals surface area contributed by atoms with Crippen LogP contribution in [0.5, 0.6) is 5.75 Å². The minimum absolute atomic E-state index is 0.0843. The molecule has 0 fully saturated rings. The van der Waals surface area contributed by atoms with Gasteiger partial charge in [-0.3, -0.25) is 10.1 Å². The van der Waals surface area contributed by atoms with Gasteiger partial charge in [0.15, 0.2) is 10.8 Å². The van der Waals surface area contributed by atoms with Crippen LogP contribution in [0.4, 0.5) is 5.13 Å². The van der Waals surface area contributed by atoms with E-state index in [1.54, 1.807) is 18.4 Å². The van der Waals surface area contributed by atoms with Crippen molar-refractivity contribution in [2.45, 2.75) is 26.9 Å². The quantitative estimate of drug-likeness (QED) is 0.601. The van der Waals surface area contributed by atoms with Crippen LogP contribution in [0.2, 0.25) is 0 Å². The lowest BCUT2D eigenvalue weighted by Gasteiger charge is -2.09. The number of nitrogens with zero attached hydrogens (tertiary/aromatic N) is 1. The summed E-state index contributed by atoms with van der Waals surface area (Å²) in [5.41, 5.74) is 1.03. The fourth-order valence-corrected chi connectivity index (χ4v) is 2.60. The summed E-state index contributed by atoms with van der Waals surface area (Å²) in [7, 11) is 0. The van der Waals surface area contributed by atoms with Crippen molar-refractivity contribution < 1.29 is 19.1 Å². The summed E-state index contributed by atoms with van der Waals surface area (Å²) in [6.45, 7) is 5.91. The van der Waals surface area contributed by atoms with E-state index in [0.29, 0.717) is 5.13 Å². The van der Waals surface area contributed by atoms with Gasteiger partial charge in [0.2, 0.25) is 5.91 Å². The van der Waals surface area contributed by atoms with Gasteiger partial charge in [-0.1, -0.05) is 12.1 Å². The van der Waals surface area contributed by atoms with Gasteiger partial charge < -0.3 is 9.47 Å². The van der Waals surface area contributed by atoms with E-state index in [2.05, 4.69) is 10.3 Å². The fraction of sp³-hybridized carbons (Fsp3) is 0.278. The van der Waals surface area contributed by atoms with Gasteiger partial charge >= 0.3 is 5.97 Å². The normalized spacial score (nSPS) is 10.9. The van der Waals surface area contributed by atoms with Crippen molar-refractivity contribution in [3.05, 3.63) is 47.0 Å². The first-order chi connectivity index (χ1) is 12.0. The van der Waals surface area contributed by atoms with Crippen LogP contribution in [0.3, 0.4) is 0 Å². The third-order valence-electron chi connectivity index (χ3n) is 2.88. The van der Waals surface area contributed by atoms with Crippen molar-refractivity contribution in [3.63, 3.8) is 0 Å². The van der Waals surface area contributed by atoms with Gasteiger partial charge in [0.25, 0.3) is 0 Å². The first-order valence-electron chi connectivity index (χ1n) is 7.86. The summed E-state index contributed by atoms with van der Waals surface area (Å²) in [5.74, 6) is -0.0896. The highest BCUT2D eigenvalue weighted by Crippen LogP contribution is 2.17. The van der Waals surface area contributed by atoms with Crippen molar-refractivity contribution in [1.82, 2.24) is 4.98 Å². The topological polar surface area (TPSA) is 77.5 Å². The average Bonchev–Trinajstić information content (AvgIpc) is 3.01. The van der Waals surface area contributed by atoms with Crippen LogP contribution in [0.1, 0.15) is 36.8 Å². The molecule has 0 bridgehead atoms. The molecule has 2 aromatic rings. The maximum Gasteiger partial charge on any atom is 0.357 e. The largest absolute Gasteiger partial charge is 0.491 e. The number of carbonyl (C=O) groups is 2. The molecular formula is C18H20N2O4S. The smallest absolute Gasteiger partial charge is 0.357 e. The van der Waals surface area contributed by atoms with Gasteiger partial charge in [-0.15, -0.1) is 11.3 Å². The van der Waals surface area contributed by atoms with Crippen molar-refractivity contribution in [1.29, 1.82) is 0 Å². The van der Waals surface area contributed by atoms with E-state index < -0.39 is 5.97 Å². The number of benzene rings is 1.